The first kappa shape index (κ1) is 12.7. The molecule has 0 amide bonds. The van der Waals surface area contributed by atoms with Gasteiger partial charge >= 0.3 is 0 Å². The fourth-order valence-corrected chi connectivity index (χ4v) is 2.15. The second kappa shape index (κ2) is 5.61. The van der Waals surface area contributed by atoms with E-state index >= 15 is 0 Å². The quantitative estimate of drug-likeness (QED) is 0.627. The van der Waals surface area contributed by atoms with Gasteiger partial charge in [-0.05, 0) is 18.9 Å². The maximum absolute atomic E-state index is 11.2. The van der Waals surface area contributed by atoms with Crippen LogP contribution in [0.5, 0.6) is 0 Å². The highest BCUT2D eigenvalue weighted by atomic mass is 16.5. The lowest BCUT2D eigenvalue weighted by molar-refractivity contribution is -0.117. The zero-order chi connectivity index (χ0) is 11.3. The molecule has 1 aliphatic heterocycles. The Morgan fingerprint density at radius 3 is 2.67 bits per heavy atom. The largest absolute Gasteiger partial charge is 0.380 e. The number of carbonyl (C=O) groups is 1. The van der Waals surface area contributed by atoms with E-state index in [9.17, 15) is 4.79 Å². The molecular weight excluding hydrogens is 190 g/mol. The van der Waals surface area contributed by atoms with Crippen molar-refractivity contribution in [2.75, 3.05) is 32.8 Å². The van der Waals surface area contributed by atoms with Gasteiger partial charge in [-0.1, -0.05) is 20.8 Å². The maximum atomic E-state index is 11.2. The van der Waals surface area contributed by atoms with E-state index in [0.717, 1.165) is 38.9 Å². The summed E-state index contributed by atoms with van der Waals surface area (Å²) in [5.41, 5.74) is -0.231. The van der Waals surface area contributed by atoms with Crippen LogP contribution in [-0.4, -0.2) is 44.0 Å². The smallest absolute Gasteiger partial charge is 0.129 e. The predicted octanol–water partition coefficient (Wildman–Crippen LogP) is 1.57. The Balaban J connectivity index is 2.51. The fraction of sp³-hybridized carbons (Fsp3) is 0.917. The second-order valence-electron chi connectivity index (χ2n) is 5.00. The molecule has 1 saturated heterocycles. The minimum Gasteiger partial charge on any atom is -0.380 e. The van der Waals surface area contributed by atoms with E-state index in [1.165, 1.54) is 0 Å². The van der Waals surface area contributed by atoms with Crippen LogP contribution >= 0.6 is 0 Å². The van der Waals surface area contributed by atoms with Crippen molar-refractivity contribution in [2.45, 2.75) is 27.2 Å². The number of ether oxygens (including phenoxy) is 1. The van der Waals surface area contributed by atoms with Crippen molar-refractivity contribution in [1.82, 2.24) is 4.90 Å². The first-order valence-electron chi connectivity index (χ1n) is 5.88. The van der Waals surface area contributed by atoms with Gasteiger partial charge in [0, 0.05) is 19.7 Å². The average molecular weight is 213 g/mol. The molecule has 3 nitrogen and oxygen atoms in total. The summed E-state index contributed by atoms with van der Waals surface area (Å²) in [6.45, 7) is 10.8. The number of hydrogen-bond donors (Lipinski definition) is 0. The van der Waals surface area contributed by atoms with Crippen molar-refractivity contribution >= 4 is 6.29 Å². The third-order valence-corrected chi connectivity index (χ3v) is 2.99. The van der Waals surface area contributed by atoms with Gasteiger partial charge in [-0.3, -0.25) is 0 Å². The monoisotopic (exact) mass is 213 g/mol. The molecule has 0 bridgehead atoms. The number of nitrogens with zero attached hydrogens (tertiary/aromatic N) is 1. The van der Waals surface area contributed by atoms with Crippen LogP contribution in [0.4, 0.5) is 0 Å². The molecule has 15 heavy (non-hydrogen) atoms. The summed E-state index contributed by atoms with van der Waals surface area (Å²) in [6.07, 6.45) is 1.98. The topological polar surface area (TPSA) is 29.5 Å². The van der Waals surface area contributed by atoms with Gasteiger partial charge in [0.2, 0.25) is 0 Å². The Morgan fingerprint density at radius 1 is 1.53 bits per heavy atom. The van der Waals surface area contributed by atoms with Gasteiger partial charge in [0.1, 0.15) is 6.29 Å². The lowest BCUT2D eigenvalue weighted by atomic mass is 9.88. The summed E-state index contributed by atoms with van der Waals surface area (Å²) >= 11 is 0. The van der Waals surface area contributed by atoms with E-state index in [0.29, 0.717) is 12.5 Å². The van der Waals surface area contributed by atoms with E-state index < -0.39 is 0 Å². The Hall–Kier alpha value is -0.410. The van der Waals surface area contributed by atoms with Gasteiger partial charge in [0.25, 0.3) is 0 Å². The third kappa shape index (κ3) is 3.58. The first-order chi connectivity index (χ1) is 7.12. The van der Waals surface area contributed by atoms with Gasteiger partial charge in [-0.15, -0.1) is 0 Å². The van der Waals surface area contributed by atoms with E-state index in [4.69, 9.17) is 4.74 Å². The molecule has 1 heterocycles. The van der Waals surface area contributed by atoms with Crippen LogP contribution in [0.2, 0.25) is 0 Å². The van der Waals surface area contributed by atoms with E-state index in [1.807, 2.05) is 0 Å². The maximum Gasteiger partial charge on any atom is 0.129 e. The lowest BCUT2D eigenvalue weighted by Gasteiger charge is -2.30. The summed E-state index contributed by atoms with van der Waals surface area (Å²) < 4.78 is 5.34. The zero-order valence-electron chi connectivity index (χ0n) is 10.2. The molecule has 1 aliphatic rings. The van der Waals surface area contributed by atoms with Gasteiger partial charge in [-0.2, -0.15) is 0 Å². The van der Waals surface area contributed by atoms with E-state index in [-0.39, 0.29) is 5.41 Å². The van der Waals surface area contributed by atoms with Crippen LogP contribution in [0.3, 0.4) is 0 Å². The van der Waals surface area contributed by atoms with E-state index in [1.54, 1.807) is 0 Å². The van der Waals surface area contributed by atoms with Crippen LogP contribution in [0.25, 0.3) is 0 Å². The number of rotatable bonds is 6. The SMILES string of the molecule is CCN(CC(C)C)CC1(C=O)CCOC1. The molecule has 88 valence electrons. The summed E-state index contributed by atoms with van der Waals surface area (Å²) in [5, 5.41) is 0. The molecular formula is C12H23NO2. The number of hydrogen-bond acceptors (Lipinski definition) is 3. The van der Waals surface area contributed by atoms with Gasteiger partial charge in [0.05, 0.1) is 12.0 Å². The van der Waals surface area contributed by atoms with Crippen molar-refractivity contribution in [3.05, 3.63) is 0 Å². The van der Waals surface area contributed by atoms with Crippen LogP contribution in [0, 0.1) is 11.3 Å². The normalized spacial score (nSPS) is 26.5. The molecule has 0 saturated carbocycles. The van der Waals surface area contributed by atoms with Crippen LogP contribution in [0.15, 0.2) is 0 Å². The molecule has 0 radical (unpaired) electrons. The Morgan fingerprint density at radius 2 is 2.27 bits per heavy atom. The first-order valence-corrected chi connectivity index (χ1v) is 5.88. The molecule has 1 atom stereocenters. The molecule has 0 aliphatic carbocycles. The highest BCUT2D eigenvalue weighted by Gasteiger charge is 2.36. The highest BCUT2D eigenvalue weighted by molar-refractivity contribution is 5.60. The number of aldehydes is 1. The predicted molar refractivity (Wildman–Crippen MR) is 60.9 cm³/mol. The Labute approximate surface area is 92.8 Å². The van der Waals surface area contributed by atoms with Crippen molar-refractivity contribution < 1.29 is 9.53 Å². The van der Waals surface area contributed by atoms with E-state index in [2.05, 4.69) is 25.7 Å². The molecule has 3 heteroatoms. The van der Waals surface area contributed by atoms with Gasteiger partial charge < -0.3 is 14.4 Å². The van der Waals surface area contributed by atoms with Gasteiger partial charge in [0.15, 0.2) is 0 Å². The summed E-state index contributed by atoms with van der Waals surface area (Å²) in [6, 6.07) is 0. The third-order valence-electron chi connectivity index (χ3n) is 2.99. The van der Waals surface area contributed by atoms with Crippen molar-refractivity contribution in [1.29, 1.82) is 0 Å². The van der Waals surface area contributed by atoms with Gasteiger partial charge in [-0.25, -0.2) is 0 Å². The molecule has 0 spiro atoms. The zero-order valence-corrected chi connectivity index (χ0v) is 10.2. The standard InChI is InChI=1S/C12H23NO2/c1-4-13(7-11(2)3)8-12(9-14)5-6-15-10-12/h9,11H,4-8,10H2,1-3H3. The Bertz CT molecular complexity index is 198. The van der Waals surface area contributed by atoms with Crippen molar-refractivity contribution in [3.63, 3.8) is 0 Å². The van der Waals surface area contributed by atoms with Crippen molar-refractivity contribution in [3.8, 4) is 0 Å². The summed E-state index contributed by atoms with van der Waals surface area (Å²) in [5.74, 6) is 0.649. The summed E-state index contributed by atoms with van der Waals surface area (Å²) in [4.78, 5) is 13.5. The average Bonchev–Trinajstić information content (AvgIpc) is 2.65. The molecule has 0 N–H and O–H groups in total. The second-order valence-corrected chi connectivity index (χ2v) is 5.00. The summed E-state index contributed by atoms with van der Waals surface area (Å²) in [7, 11) is 0. The minimum atomic E-state index is -0.231. The highest BCUT2D eigenvalue weighted by Crippen LogP contribution is 2.27. The number of carbonyl (C=O) groups excluding carboxylic acids is 1. The molecule has 1 rings (SSSR count). The van der Waals surface area contributed by atoms with Crippen LogP contribution < -0.4 is 0 Å². The molecule has 0 aromatic carbocycles. The minimum absolute atomic E-state index is 0.231. The van der Waals surface area contributed by atoms with Crippen molar-refractivity contribution in [2.24, 2.45) is 11.3 Å². The Kier molecular flexibility index (Phi) is 4.74. The molecule has 0 aromatic heterocycles. The van der Waals surface area contributed by atoms with Crippen LogP contribution in [-0.2, 0) is 9.53 Å². The fourth-order valence-electron chi connectivity index (χ4n) is 2.15. The van der Waals surface area contributed by atoms with Crippen LogP contribution in [0.1, 0.15) is 27.2 Å². The molecule has 0 aromatic rings. The molecule has 1 fully saturated rings. The molecule has 1 unspecified atom stereocenters. The lowest BCUT2D eigenvalue weighted by Crippen LogP contribution is -2.41.